The summed E-state index contributed by atoms with van der Waals surface area (Å²) in [5.74, 6) is 0. The number of hydrogen-bond donors (Lipinski definition) is 0. The fraction of sp³-hybridized carbons (Fsp3) is 0. The van der Waals surface area contributed by atoms with Crippen LogP contribution in [0.2, 0.25) is 0 Å². The average molecular weight is 396 g/mol. The number of benzene rings is 2. The van der Waals surface area contributed by atoms with E-state index in [0.29, 0.717) is 0 Å². The van der Waals surface area contributed by atoms with Gasteiger partial charge in [0.15, 0.2) is 0 Å². The molecule has 0 saturated carbocycles. The Balaban J connectivity index is 2.00. The highest BCUT2D eigenvalue weighted by atomic mass is 79.9. The summed E-state index contributed by atoms with van der Waals surface area (Å²) in [4.78, 5) is 0. The fourth-order valence-electron chi connectivity index (χ4n) is 1.70. The van der Waals surface area contributed by atoms with E-state index in [1.165, 1.54) is 0 Å². The smallest absolute Gasteiger partial charge is 0.138 e. The molecule has 0 spiro atoms. The van der Waals surface area contributed by atoms with Gasteiger partial charge in [0.1, 0.15) is 10.0 Å². The predicted octanol–water partition coefficient (Wildman–Crippen LogP) is 5.40. The van der Waals surface area contributed by atoms with Crippen LogP contribution in [-0.4, -0.2) is 10.2 Å². The first kappa shape index (κ1) is 13.0. The minimum atomic E-state index is 0.927. The highest BCUT2D eigenvalue weighted by molar-refractivity contribution is 9.10. The third-order valence-corrected chi connectivity index (χ3v) is 4.58. The number of rotatable bonds is 2. The molecule has 3 rings (SSSR count). The molecule has 5 heteroatoms. The summed E-state index contributed by atoms with van der Waals surface area (Å²) in [5.41, 5.74) is 2.15. The molecule has 1 aromatic heterocycles. The average Bonchev–Trinajstić information content (AvgIpc) is 2.88. The number of aromatic nitrogens is 2. The van der Waals surface area contributed by atoms with E-state index in [4.69, 9.17) is 0 Å². The van der Waals surface area contributed by atoms with Gasteiger partial charge in [-0.1, -0.05) is 67.5 Å². The Bertz CT molecular complexity index is 665. The standard InChI is InChI=1S/C14H8Br2N2S/c15-11-5-1-3-9(7-11)13-17-18-14(19-13)10-4-2-6-12(16)8-10/h1-8H. The number of hydrogen-bond acceptors (Lipinski definition) is 3. The molecule has 0 bridgehead atoms. The van der Waals surface area contributed by atoms with Crippen molar-refractivity contribution in [3.8, 4) is 21.1 Å². The Morgan fingerprint density at radius 1 is 0.737 bits per heavy atom. The SMILES string of the molecule is Brc1cccc(-c2nnc(-c3cccc(Br)c3)s2)c1. The molecule has 0 fully saturated rings. The first-order valence-electron chi connectivity index (χ1n) is 5.58. The van der Waals surface area contributed by atoms with Crippen LogP contribution in [0.1, 0.15) is 0 Å². The van der Waals surface area contributed by atoms with Gasteiger partial charge in [-0.25, -0.2) is 0 Å². The van der Waals surface area contributed by atoms with Crippen molar-refractivity contribution in [1.29, 1.82) is 0 Å². The summed E-state index contributed by atoms with van der Waals surface area (Å²) in [7, 11) is 0. The Labute approximate surface area is 131 Å². The molecule has 0 amide bonds. The molecule has 1 heterocycles. The second kappa shape index (κ2) is 5.53. The number of halogens is 2. The number of nitrogens with zero attached hydrogens (tertiary/aromatic N) is 2. The molecule has 0 aliphatic rings. The maximum atomic E-state index is 4.27. The van der Waals surface area contributed by atoms with Gasteiger partial charge in [-0.2, -0.15) is 0 Å². The Kier molecular flexibility index (Phi) is 3.77. The molecular weight excluding hydrogens is 388 g/mol. The maximum Gasteiger partial charge on any atom is 0.148 e. The molecule has 0 unspecified atom stereocenters. The predicted molar refractivity (Wildman–Crippen MR) is 86.2 cm³/mol. The lowest BCUT2D eigenvalue weighted by Crippen LogP contribution is -1.77. The zero-order valence-electron chi connectivity index (χ0n) is 9.68. The third kappa shape index (κ3) is 2.94. The molecule has 2 aromatic carbocycles. The summed E-state index contributed by atoms with van der Waals surface area (Å²) in [5, 5.41) is 10.4. The summed E-state index contributed by atoms with van der Waals surface area (Å²) in [6, 6.07) is 16.2. The van der Waals surface area contributed by atoms with Gasteiger partial charge >= 0.3 is 0 Å². The second-order valence-corrected chi connectivity index (χ2v) is 6.74. The van der Waals surface area contributed by atoms with E-state index in [2.05, 4.69) is 42.1 Å². The fourth-order valence-corrected chi connectivity index (χ4v) is 3.33. The first-order valence-corrected chi connectivity index (χ1v) is 7.98. The second-order valence-electron chi connectivity index (χ2n) is 3.93. The molecule has 0 aliphatic heterocycles. The van der Waals surface area contributed by atoms with Crippen molar-refractivity contribution in [2.75, 3.05) is 0 Å². The Morgan fingerprint density at radius 2 is 1.21 bits per heavy atom. The highest BCUT2D eigenvalue weighted by Gasteiger charge is 2.08. The lowest BCUT2D eigenvalue weighted by atomic mass is 10.2. The van der Waals surface area contributed by atoms with Crippen LogP contribution in [-0.2, 0) is 0 Å². The van der Waals surface area contributed by atoms with Crippen molar-refractivity contribution >= 4 is 43.2 Å². The third-order valence-electron chi connectivity index (χ3n) is 2.57. The molecule has 0 N–H and O–H groups in total. The van der Waals surface area contributed by atoms with Crippen LogP contribution in [0.15, 0.2) is 57.5 Å². The minimum absolute atomic E-state index is 0.927. The lowest BCUT2D eigenvalue weighted by molar-refractivity contribution is 1.10. The molecule has 2 nitrogen and oxygen atoms in total. The van der Waals surface area contributed by atoms with Crippen LogP contribution >= 0.6 is 43.2 Å². The Hall–Kier alpha value is -1.04. The minimum Gasteiger partial charge on any atom is -0.138 e. The molecule has 19 heavy (non-hydrogen) atoms. The van der Waals surface area contributed by atoms with Crippen LogP contribution in [0.4, 0.5) is 0 Å². The summed E-state index contributed by atoms with van der Waals surface area (Å²) in [6.45, 7) is 0. The van der Waals surface area contributed by atoms with Crippen molar-refractivity contribution in [3.63, 3.8) is 0 Å². The zero-order valence-corrected chi connectivity index (χ0v) is 13.7. The van der Waals surface area contributed by atoms with E-state index in [1.54, 1.807) is 11.3 Å². The van der Waals surface area contributed by atoms with Gasteiger partial charge in [-0.3, -0.25) is 0 Å². The normalized spacial score (nSPS) is 10.6. The van der Waals surface area contributed by atoms with Crippen molar-refractivity contribution < 1.29 is 0 Å². The van der Waals surface area contributed by atoms with Crippen molar-refractivity contribution in [3.05, 3.63) is 57.5 Å². The molecule has 0 atom stereocenters. The van der Waals surface area contributed by atoms with Crippen LogP contribution in [0.3, 0.4) is 0 Å². The quantitative estimate of drug-likeness (QED) is 0.580. The lowest BCUT2D eigenvalue weighted by Gasteiger charge is -1.96. The van der Waals surface area contributed by atoms with Gasteiger partial charge in [0, 0.05) is 20.1 Å². The van der Waals surface area contributed by atoms with Crippen LogP contribution in [0.5, 0.6) is 0 Å². The first-order chi connectivity index (χ1) is 9.22. The van der Waals surface area contributed by atoms with Gasteiger partial charge < -0.3 is 0 Å². The highest BCUT2D eigenvalue weighted by Crippen LogP contribution is 2.31. The molecular formula is C14H8Br2N2S. The molecule has 94 valence electrons. The van der Waals surface area contributed by atoms with Crippen LogP contribution < -0.4 is 0 Å². The topological polar surface area (TPSA) is 25.8 Å². The van der Waals surface area contributed by atoms with E-state index in [1.807, 2.05) is 48.5 Å². The van der Waals surface area contributed by atoms with E-state index in [0.717, 1.165) is 30.1 Å². The van der Waals surface area contributed by atoms with Gasteiger partial charge in [0.25, 0.3) is 0 Å². The summed E-state index contributed by atoms with van der Waals surface area (Å²) < 4.78 is 2.09. The van der Waals surface area contributed by atoms with E-state index in [-0.39, 0.29) is 0 Å². The molecule has 0 aliphatic carbocycles. The summed E-state index contributed by atoms with van der Waals surface area (Å²) >= 11 is 8.53. The monoisotopic (exact) mass is 394 g/mol. The van der Waals surface area contributed by atoms with Crippen LogP contribution in [0, 0.1) is 0 Å². The van der Waals surface area contributed by atoms with Crippen molar-refractivity contribution in [2.45, 2.75) is 0 Å². The zero-order chi connectivity index (χ0) is 13.2. The van der Waals surface area contributed by atoms with Crippen LogP contribution in [0.25, 0.3) is 21.1 Å². The van der Waals surface area contributed by atoms with Gasteiger partial charge in [-0.05, 0) is 24.3 Å². The van der Waals surface area contributed by atoms with Crippen molar-refractivity contribution in [1.82, 2.24) is 10.2 Å². The molecule has 0 saturated heterocycles. The van der Waals surface area contributed by atoms with E-state index in [9.17, 15) is 0 Å². The van der Waals surface area contributed by atoms with Gasteiger partial charge in [0.2, 0.25) is 0 Å². The summed E-state index contributed by atoms with van der Waals surface area (Å²) in [6.07, 6.45) is 0. The maximum absolute atomic E-state index is 4.27. The van der Waals surface area contributed by atoms with E-state index < -0.39 is 0 Å². The Morgan fingerprint density at radius 3 is 1.63 bits per heavy atom. The van der Waals surface area contributed by atoms with Gasteiger partial charge in [0.05, 0.1) is 0 Å². The molecule has 3 aromatic rings. The van der Waals surface area contributed by atoms with E-state index >= 15 is 0 Å². The van der Waals surface area contributed by atoms with Gasteiger partial charge in [-0.15, -0.1) is 10.2 Å². The van der Waals surface area contributed by atoms with Crippen molar-refractivity contribution in [2.24, 2.45) is 0 Å². The molecule has 0 radical (unpaired) electrons. The largest absolute Gasteiger partial charge is 0.148 e.